The number of oxazole rings is 1. The van der Waals surface area contributed by atoms with Gasteiger partial charge in [-0.05, 0) is 26.4 Å². The van der Waals surface area contributed by atoms with E-state index >= 15 is 0 Å². The number of nitrogens with zero attached hydrogens (tertiary/aromatic N) is 2. The smallest absolute Gasteiger partial charge is 0.195 e. The van der Waals surface area contributed by atoms with Gasteiger partial charge < -0.3 is 15.1 Å². The Morgan fingerprint density at radius 3 is 3.27 bits per heavy atom. The zero-order chi connectivity index (χ0) is 10.7. The highest BCUT2D eigenvalue weighted by atomic mass is 16.3. The van der Waals surface area contributed by atoms with E-state index in [9.17, 15) is 0 Å². The quantitative estimate of drug-likeness (QED) is 0.806. The second kappa shape index (κ2) is 4.77. The second-order valence-corrected chi connectivity index (χ2v) is 4.31. The van der Waals surface area contributed by atoms with Crippen molar-refractivity contribution in [3.05, 3.63) is 17.8 Å². The van der Waals surface area contributed by atoms with Crippen molar-refractivity contribution in [2.24, 2.45) is 5.73 Å². The number of hydrogen-bond acceptors (Lipinski definition) is 4. The lowest BCUT2D eigenvalue weighted by molar-refractivity contribution is 0.248. The molecule has 84 valence electrons. The molecular formula is C11H19N3O. The van der Waals surface area contributed by atoms with Gasteiger partial charge in [0, 0.05) is 25.4 Å². The van der Waals surface area contributed by atoms with Crippen molar-refractivity contribution in [3.63, 3.8) is 0 Å². The van der Waals surface area contributed by atoms with Crippen LogP contribution in [0.1, 0.15) is 30.3 Å². The van der Waals surface area contributed by atoms with E-state index in [4.69, 9.17) is 10.2 Å². The van der Waals surface area contributed by atoms with Gasteiger partial charge in [-0.15, -0.1) is 0 Å². The van der Waals surface area contributed by atoms with E-state index in [1.807, 2.05) is 0 Å². The molecule has 2 rings (SSSR count). The van der Waals surface area contributed by atoms with Gasteiger partial charge in [0.25, 0.3) is 0 Å². The van der Waals surface area contributed by atoms with Crippen LogP contribution >= 0.6 is 0 Å². The van der Waals surface area contributed by atoms with Gasteiger partial charge >= 0.3 is 0 Å². The molecule has 1 atom stereocenters. The van der Waals surface area contributed by atoms with Gasteiger partial charge in [-0.1, -0.05) is 0 Å². The average molecular weight is 209 g/mol. The third-order valence-electron chi connectivity index (χ3n) is 2.97. The molecule has 4 nitrogen and oxygen atoms in total. The van der Waals surface area contributed by atoms with Crippen LogP contribution in [0, 0.1) is 0 Å². The highest BCUT2D eigenvalue weighted by molar-refractivity contribution is 5.06. The predicted octanol–water partition coefficient (Wildman–Crippen LogP) is 0.985. The Morgan fingerprint density at radius 1 is 1.67 bits per heavy atom. The van der Waals surface area contributed by atoms with Crippen LogP contribution in [0.25, 0.3) is 0 Å². The Balaban J connectivity index is 2.01. The van der Waals surface area contributed by atoms with Crippen LogP contribution in [-0.2, 0) is 6.42 Å². The average Bonchev–Trinajstić information content (AvgIpc) is 2.67. The molecule has 4 heteroatoms. The first-order valence-electron chi connectivity index (χ1n) is 5.62. The van der Waals surface area contributed by atoms with E-state index in [-0.39, 0.29) is 0 Å². The fourth-order valence-electron chi connectivity index (χ4n) is 2.16. The zero-order valence-electron chi connectivity index (χ0n) is 9.28. The Morgan fingerprint density at radius 2 is 2.53 bits per heavy atom. The number of piperidine rings is 1. The standard InChI is InChI=1S/C11H19N3O/c1-14-6-2-3-9(7-14)10-8-15-11(13-10)4-5-12/h8-9H,2-7,12H2,1H3. The van der Waals surface area contributed by atoms with Crippen LogP contribution in [0.2, 0.25) is 0 Å². The Kier molecular flexibility index (Phi) is 3.38. The molecule has 1 aromatic heterocycles. The molecule has 2 N–H and O–H groups in total. The molecule has 1 unspecified atom stereocenters. The topological polar surface area (TPSA) is 55.3 Å². The largest absolute Gasteiger partial charge is 0.449 e. The third kappa shape index (κ3) is 2.58. The van der Waals surface area contributed by atoms with Gasteiger partial charge in [0.05, 0.1) is 5.69 Å². The van der Waals surface area contributed by atoms with Crippen molar-refractivity contribution in [2.45, 2.75) is 25.2 Å². The van der Waals surface area contributed by atoms with E-state index < -0.39 is 0 Å². The second-order valence-electron chi connectivity index (χ2n) is 4.31. The first-order chi connectivity index (χ1) is 7.29. The molecule has 15 heavy (non-hydrogen) atoms. The lowest BCUT2D eigenvalue weighted by Gasteiger charge is -2.28. The Bertz CT molecular complexity index is 311. The van der Waals surface area contributed by atoms with Gasteiger partial charge in [0.1, 0.15) is 6.26 Å². The maximum absolute atomic E-state index is 5.46. The monoisotopic (exact) mass is 209 g/mol. The summed E-state index contributed by atoms with van der Waals surface area (Å²) in [5.41, 5.74) is 6.56. The molecule has 1 aliphatic rings. The van der Waals surface area contributed by atoms with Crippen LogP contribution in [0.15, 0.2) is 10.7 Å². The third-order valence-corrected chi connectivity index (χ3v) is 2.97. The van der Waals surface area contributed by atoms with Crippen molar-refractivity contribution in [1.29, 1.82) is 0 Å². The molecule has 0 amide bonds. The molecule has 0 bridgehead atoms. The first-order valence-corrected chi connectivity index (χ1v) is 5.62. The van der Waals surface area contributed by atoms with E-state index in [2.05, 4.69) is 16.9 Å². The minimum atomic E-state index is 0.541. The summed E-state index contributed by atoms with van der Waals surface area (Å²) in [5.74, 6) is 1.32. The highest BCUT2D eigenvalue weighted by Crippen LogP contribution is 2.25. The van der Waals surface area contributed by atoms with E-state index in [1.165, 1.54) is 19.4 Å². The molecule has 1 fully saturated rings. The van der Waals surface area contributed by atoms with Gasteiger partial charge in [0.2, 0.25) is 0 Å². The predicted molar refractivity (Wildman–Crippen MR) is 58.7 cm³/mol. The molecule has 0 aliphatic carbocycles. The fourth-order valence-corrected chi connectivity index (χ4v) is 2.16. The van der Waals surface area contributed by atoms with E-state index in [1.54, 1.807) is 6.26 Å². The van der Waals surface area contributed by atoms with Crippen molar-refractivity contribution in [1.82, 2.24) is 9.88 Å². The number of nitrogens with two attached hydrogens (primary N) is 1. The summed E-state index contributed by atoms with van der Waals surface area (Å²) in [4.78, 5) is 6.84. The maximum Gasteiger partial charge on any atom is 0.195 e. The van der Waals surface area contributed by atoms with Gasteiger partial charge in [-0.2, -0.15) is 0 Å². The van der Waals surface area contributed by atoms with Crippen LogP contribution in [0.5, 0.6) is 0 Å². The summed E-state index contributed by atoms with van der Waals surface area (Å²) in [6, 6.07) is 0. The molecule has 2 heterocycles. The highest BCUT2D eigenvalue weighted by Gasteiger charge is 2.21. The molecule has 0 saturated carbocycles. The summed E-state index contributed by atoms with van der Waals surface area (Å²) in [6.07, 6.45) is 5.01. The zero-order valence-corrected chi connectivity index (χ0v) is 9.28. The first kappa shape index (κ1) is 10.6. The molecule has 1 aromatic rings. The van der Waals surface area contributed by atoms with Gasteiger partial charge in [-0.25, -0.2) is 4.98 Å². The molecule has 0 radical (unpaired) electrons. The summed E-state index contributed by atoms with van der Waals surface area (Å²) in [6.45, 7) is 2.89. The number of aromatic nitrogens is 1. The summed E-state index contributed by atoms with van der Waals surface area (Å²) >= 11 is 0. The Hall–Kier alpha value is -0.870. The van der Waals surface area contributed by atoms with Crippen LogP contribution in [0.3, 0.4) is 0 Å². The minimum absolute atomic E-state index is 0.541. The molecule has 0 aromatic carbocycles. The lowest BCUT2D eigenvalue weighted by Crippen LogP contribution is -2.30. The molecular weight excluding hydrogens is 190 g/mol. The van der Waals surface area contributed by atoms with Crippen molar-refractivity contribution < 1.29 is 4.42 Å². The maximum atomic E-state index is 5.46. The number of rotatable bonds is 3. The normalized spacial score (nSPS) is 23.2. The van der Waals surface area contributed by atoms with Crippen LogP contribution < -0.4 is 5.73 Å². The molecule has 1 aliphatic heterocycles. The molecule has 1 saturated heterocycles. The van der Waals surface area contributed by atoms with E-state index in [0.717, 1.165) is 24.6 Å². The lowest BCUT2D eigenvalue weighted by atomic mass is 9.96. The van der Waals surface area contributed by atoms with Crippen molar-refractivity contribution in [3.8, 4) is 0 Å². The fraction of sp³-hybridized carbons (Fsp3) is 0.727. The summed E-state index contributed by atoms with van der Waals surface area (Å²) in [5, 5.41) is 0. The number of likely N-dealkylation sites (tertiary alicyclic amines) is 1. The number of likely N-dealkylation sites (N-methyl/N-ethyl adjacent to an activating group) is 1. The molecule has 0 spiro atoms. The van der Waals surface area contributed by atoms with Crippen molar-refractivity contribution in [2.75, 3.05) is 26.7 Å². The Labute approximate surface area is 90.5 Å². The van der Waals surface area contributed by atoms with Gasteiger partial charge in [-0.3, -0.25) is 0 Å². The van der Waals surface area contributed by atoms with Gasteiger partial charge in [0.15, 0.2) is 5.89 Å². The summed E-state index contributed by atoms with van der Waals surface area (Å²) in [7, 11) is 2.16. The van der Waals surface area contributed by atoms with Crippen LogP contribution in [0.4, 0.5) is 0 Å². The van der Waals surface area contributed by atoms with Crippen molar-refractivity contribution >= 4 is 0 Å². The van der Waals surface area contributed by atoms with E-state index in [0.29, 0.717) is 12.5 Å². The SMILES string of the molecule is CN1CCCC(c2coc(CCN)n2)C1. The summed E-state index contributed by atoms with van der Waals surface area (Å²) < 4.78 is 5.38. The minimum Gasteiger partial charge on any atom is -0.449 e. The number of hydrogen-bond donors (Lipinski definition) is 1. The van der Waals surface area contributed by atoms with Crippen LogP contribution in [-0.4, -0.2) is 36.6 Å².